The van der Waals surface area contributed by atoms with E-state index in [4.69, 9.17) is 20.4 Å². The quantitative estimate of drug-likeness (QED) is 0.287. The summed E-state index contributed by atoms with van der Waals surface area (Å²) >= 11 is 0. The first-order chi connectivity index (χ1) is 2.56. The van der Waals surface area contributed by atoms with Crippen molar-refractivity contribution < 1.29 is 20.4 Å². The van der Waals surface area contributed by atoms with E-state index in [9.17, 15) is 0 Å². The number of hydrogen-bond donors (Lipinski definition) is 4. The molecule has 1 radical (unpaired) electrons. The molecule has 37 valence electrons. The van der Waals surface area contributed by atoms with Crippen molar-refractivity contribution in [3.63, 3.8) is 0 Å². The van der Waals surface area contributed by atoms with Crippen molar-refractivity contribution in [2.24, 2.45) is 0 Å². The summed E-state index contributed by atoms with van der Waals surface area (Å²) < 4.78 is 0. The summed E-state index contributed by atoms with van der Waals surface area (Å²) in [5.41, 5.74) is 0. The third-order valence-corrected chi connectivity index (χ3v) is 0.173. The fourth-order valence-corrected chi connectivity index (χ4v) is 0. The minimum atomic E-state index is -3.03. The van der Waals surface area contributed by atoms with Crippen LogP contribution < -0.4 is 0 Å². The highest BCUT2D eigenvalue weighted by atomic mass is 16.7. The summed E-state index contributed by atoms with van der Waals surface area (Å²) in [5, 5.41) is 30.4. The number of aliphatic hydroxyl groups excluding tert-OH is 1. The molecule has 0 aliphatic heterocycles. The highest BCUT2D eigenvalue weighted by molar-refractivity contribution is 4.53. The first-order valence-electron chi connectivity index (χ1n) is 1.22. The Bertz CT molecular complexity index is 35.3. The Morgan fingerprint density at radius 3 is 1.33 bits per heavy atom. The van der Waals surface area contributed by atoms with Gasteiger partial charge in [-0.2, -0.15) is 0 Å². The Balaban J connectivity index is 3.17. The van der Waals surface area contributed by atoms with Crippen LogP contribution in [0.2, 0.25) is 0 Å². The predicted molar refractivity (Wildman–Crippen MR) is 15.6 cm³/mol. The van der Waals surface area contributed by atoms with Gasteiger partial charge >= 0.3 is 5.97 Å². The summed E-state index contributed by atoms with van der Waals surface area (Å²) in [4.78, 5) is 0. The zero-order chi connectivity index (χ0) is 5.21. The maximum Gasteiger partial charge on any atom is 0.305 e. The molecular weight excluding hydrogens is 88.0 g/mol. The van der Waals surface area contributed by atoms with Crippen LogP contribution in [0.15, 0.2) is 0 Å². The van der Waals surface area contributed by atoms with E-state index >= 15 is 0 Å². The van der Waals surface area contributed by atoms with Crippen molar-refractivity contribution >= 4 is 0 Å². The molecule has 0 amide bonds. The topological polar surface area (TPSA) is 80.9 Å². The van der Waals surface area contributed by atoms with Gasteiger partial charge in [0.25, 0.3) is 0 Å². The Morgan fingerprint density at radius 1 is 1.17 bits per heavy atom. The lowest BCUT2D eigenvalue weighted by molar-refractivity contribution is -0.303. The molecule has 4 heteroatoms. The van der Waals surface area contributed by atoms with Gasteiger partial charge in [0.2, 0.25) is 0 Å². The van der Waals surface area contributed by atoms with Crippen LogP contribution in [-0.4, -0.2) is 26.4 Å². The van der Waals surface area contributed by atoms with Crippen LogP contribution in [0, 0.1) is 6.61 Å². The Labute approximate surface area is 34.3 Å². The Morgan fingerprint density at radius 2 is 1.33 bits per heavy atom. The van der Waals surface area contributed by atoms with Crippen LogP contribution in [0.3, 0.4) is 0 Å². The van der Waals surface area contributed by atoms with Gasteiger partial charge in [-0.3, -0.25) is 0 Å². The average Bonchev–Trinajstić information content (AvgIpc) is 1.35. The normalized spacial score (nSPS) is 12.0. The van der Waals surface area contributed by atoms with Crippen molar-refractivity contribution in [1.82, 2.24) is 0 Å². The molecule has 6 heavy (non-hydrogen) atoms. The van der Waals surface area contributed by atoms with E-state index in [-0.39, 0.29) is 6.61 Å². The summed E-state index contributed by atoms with van der Waals surface area (Å²) in [6.07, 6.45) is 0. The first kappa shape index (κ1) is 5.84. The molecular formula is C2H5O4. The van der Waals surface area contributed by atoms with Gasteiger partial charge in [-0.25, -0.2) is 0 Å². The molecule has 0 aliphatic carbocycles. The van der Waals surface area contributed by atoms with Crippen LogP contribution >= 0.6 is 0 Å². The lowest BCUT2D eigenvalue weighted by atomic mass is 10.6. The number of rotatable bonds is 1. The van der Waals surface area contributed by atoms with Gasteiger partial charge in [-0.15, -0.1) is 0 Å². The molecule has 0 heterocycles. The molecule has 0 aromatic heterocycles. The van der Waals surface area contributed by atoms with Gasteiger partial charge in [-0.05, 0) is 0 Å². The van der Waals surface area contributed by atoms with Crippen LogP contribution in [0.25, 0.3) is 0 Å². The van der Waals surface area contributed by atoms with Gasteiger partial charge in [0.05, 0.1) is 0 Å². The van der Waals surface area contributed by atoms with Gasteiger partial charge in [0.1, 0.15) is 0 Å². The zero-order valence-electron chi connectivity index (χ0n) is 2.87. The average molecular weight is 93.1 g/mol. The van der Waals surface area contributed by atoms with Crippen molar-refractivity contribution in [3.8, 4) is 0 Å². The number of aliphatic hydroxyl groups is 4. The van der Waals surface area contributed by atoms with Crippen molar-refractivity contribution in [3.05, 3.63) is 6.61 Å². The first-order valence-corrected chi connectivity index (χ1v) is 1.22. The molecule has 0 fully saturated rings. The van der Waals surface area contributed by atoms with E-state index in [2.05, 4.69) is 0 Å². The van der Waals surface area contributed by atoms with Gasteiger partial charge in [0.15, 0.2) is 6.61 Å². The minimum Gasteiger partial charge on any atom is -0.382 e. The molecule has 0 saturated carbocycles. The molecule has 0 bridgehead atoms. The minimum absolute atomic E-state index is 0.146. The standard InChI is InChI=1S/C2H5O4/c3-1-2(4,5)6/h1,3-6H. The van der Waals surface area contributed by atoms with Crippen molar-refractivity contribution in [2.75, 3.05) is 0 Å². The summed E-state index contributed by atoms with van der Waals surface area (Å²) in [6.45, 7) is -0.146. The number of hydrogen-bond acceptors (Lipinski definition) is 4. The molecule has 0 aliphatic rings. The molecule has 0 aromatic carbocycles. The second kappa shape index (κ2) is 1.53. The summed E-state index contributed by atoms with van der Waals surface area (Å²) in [6, 6.07) is 0. The monoisotopic (exact) mass is 93.0 g/mol. The van der Waals surface area contributed by atoms with E-state index in [1.54, 1.807) is 0 Å². The molecule has 0 atom stereocenters. The lowest BCUT2D eigenvalue weighted by Crippen LogP contribution is -2.26. The highest BCUT2D eigenvalue weighted by Gasteiger charge is 2.15. The maximum absolute atomic E-state index is 7.63. The van der Waals surface area contributed by atoms with Crippen LogP contribution in [-0.2, 0) is 0 Å². The second-order valence-corrected chi connectivity index (χ2v) is 0.816. The molecule has 4 N–H and O–H groups in total. The van der Waals surface area contributed by atoms with E-state index in [1.807, 2.05) is 0 Å². The largest absolute Gasteiger partial charge is 0.382 e. The van der Waals surface area contributed by atoms with Crippen molar-refractivity contribution in [2.45, 2.75) is 5.97 Å². The van der Waals surface area contributed by atoms with Crippen LogP contribution in [0.1, 0.15) is 0 Å². The smallest absolute Gasteiger partial charge is 0.305 e. The maximum atomic E-state index is 7.63. The van der Waals surface area contributed by atoms with E-state index in [0.717, 1.165) is 0 Å². The van der Waals surface area contributed by atoms with Gasteiger partial charge < -0.3 is 20.4 Å². The van der Waals surface area contributed by atoms with E-state index in [0.29, 0.717) is 0 Å². The molecule has 0 spiro atoms. The molecule has 0 aromatic rings. The fourth-order valence-electron chi connectivity index (χ4n) is 0. The molecule has 0 saturated heterocycles. The lowest BCUT2D eigenvalue weighted by Gasteiger charge is -2.06. The molecule has 0 unspecified atom stereocenters. The van der Waals surface area contributed by atoms with Gasteiger partial charge in [-0.1, -0.05) is 0 Å². The molecule has 0 rings (SSSR count). The van der Waals surface area contributed by atoms with E-state index in [1.165, 1.54) is 0 Å². The predicted octanol–water partition coefficient (Wildman–Crippen LogP) is -1.85. The van der Waals surface area contributed by atoms with Crippen LogP contribution in [0.4, 0.5) is 0 Å². The highest BCUT2D eigenvalue weighted by Crippen LogP contribution is 1.90. The van der Waals surface area contributed by atoms with Crippen molar-refractivity contribution in [1.29, 1.82) is 0 Å². The summed E-state index contributed by atoms with van der Waals surface area (Å²) in [7, 11) is 0. The third-order valence-electron chi connectivity index (χ3n) is 0.173. The van der Waals surface area contributed by atoms with Gasteiger partial charge in [0, 0.05) is 0 Å². The fraction of sp³-hybridized carbons (Fsp3) is 0.500. The Hall–Kier alpha value is -0.160. The van der Waals surface area contributed by atoms with E-state index < -0.39 is 5.97 Å². The summed E-state index contributed by atoms with van der Waals surface area (Å²) in [5.74, 6) is -3.03. The van der Waals surface area contributed by atoms with Crippen LogP contribution in [0.5, 0.6) is 0 Å². The zero-order valence-corrected chi connectivity index (χ0v) is 2.87. The molecule has 4 nitrogen and oxygen atoms in total. The SMILES string of the molecule is O[CH]C(O)(O)O. The third kappa shape index (κ3) is 3.84. The Kier molecular flexibility index (Phi) is 1.48. The second-order valence-electron chi connectivity index (χ2n) is 0.816.